The van der Waals surface area contributed by atoms with Gasteiger partial charge in [-0.05, 0) is 17.2 Å². The molecular weight excluding hydrogens is 336 g/mol. The van der Waals surface area contributed by atoms with Crippen molar-refractivity contribution in [2.24, 2.45) is 0 Å². The van der Waals surface area contributed by atoms with Crippen LogP contribution in [0.15, 0.2) is 54.6 Å². The first-order chi connectivity index (χ1) is 12.2. The summed E-state index contributed by atoms with van der Waals surface area (Å²) in [5.74, 6) is -0.0307. The smallest absolute Gasteiger partial charge is 0.224 e. The van der Waals surface area contributed by atoms with Crippen LogP contribution in [-0.2, 0) is 22.5 Å². The summed E-state index contributed by atoms with van der Waals surface area (Å²) in [6.45, 7) is 3.86. The second kappa shape index (κ2) is 8.99. The first-order valence-corrected chi connectivity index (χ1v) is 8.96. The largest absolute Gasteiger partial charge is 0.374 e. The van der Waals surface area contributed by atoms with Gasteiger partial charge in [-0.1, -0.05) is 60.1 Å². The van der Waals surface area contributed by atoms with Gasteiger partial charge in [-0.3, -0.25) is 9.69 Å². The van der Waals surface area contributed by atoms with Crippen LogP contribution in [0.5, 0.6) is 0 Å². The Morgan fingerprint density at radius 2 is 1.92 bits per heavy atom. The van der Waals surface area contributed by atoms with E-state index in [4.69, 9.17) is 16.3 Å². The van der Waals surface area contributed by atoms with Gasteiger partial charge in [0.25, 0.3) is 0 Å². The van der Waals surface area contributed by atoms with Crippen molar-refractivity contribution in [1.82, 2.24) is 10.2 Å². The molecule has 1 saturated heterocycles. The average molecular weight is 359 g/mol. The molecule has 1 atom stereocenters. The third-order valence-corrected chi connectivity index (χ3v) is 4.68. The minimum Gasteiger partial charge on any atom is -0.374 e. The van der Waals surface area contributed by atoms with E-state index in [0.717, 1.165) is 25.2 Å². The molecule has 1 aliphatic rings. The van der Waals surface area contributed by atoms with E-state index >= 15 is 0 Å². The fraction of sp³-hybridized carbons (Fsp3) is 0.350. The number of amides is 1. The van der Waals surface area contributed by atoms with E-state index in [2.05, 4.69) is 34.5 Å². The molecule has 0 aromatic heterocycles. The lowest BCUT2D eigenvalue weighted by Gasteiger charge is -2.33. The number of nitrogens with zero attached hydrogens (tertiary/aromatic N) is 1. The molecule has 2 aromatic carbocycles. The Bertz CT molecular complexity index is 693. The van der Waals surface area contributed by atoms with Crippen molar-refractivity contribution >= 4 is 17.5 Å². The zero-order chi connectivity index (χ0) is 17.5. The summed E-state index contributed by atoms with van der Waals surface area (Å²) in [4.78, 5) is 14.5. The van der Waals surface area contributed by atoms with Crippen LogP contribution in [0.4, 0.5) is 0 Å². The van der Waals surface area contributed by atoms with Gasteiger partial charge in [0, 0.05) is 31.2 Å². The Hall–Kier alpha value is -1.88. The molecule has 25 heavy (non-hydrogen) atoms. The molecule has 1 N–H and O–H groups in total. The van der Waals surface area contributed by atoms with Gasteiger partial charge in [-0.25, -0.2) is 0 Å². The van der Waals surface area contributed by atoms with Crippen molar-refractivity contribution in [3.63, 3.8) is 0 Å². The van der Waals surface area contributed by atoms with E-state index in [1.165, 1.54) is 5.56 Å². The first kappa shape index (κ1) is 17.9. The van der Waals surface area contributed by atoms with Gasteiger partial charge in [0.15, 0.2) is 0 Å². The predicted molar refractivity (Wildman–Crippen MR) is 99.6 cm³/mol. The monoisotopic (exact) mass is 358 g/mol. The third kappa shape index (κ3) is 5.56. The average Bonchev–Trinajstić information content (AvgIpc) is 2.63. The summed E-state index contributed by atoms with van der Waals surface area (Å²) in [5.41, 5.74) is 2.14. The number of halogens is 1. The Labute approximate surface area is 153 Å². The van der Waals surface area contributed by atoms with Crippen molar-refractivity contribution in [3.8, 4) is 0 Å². The number of benzene rings is 2. The molecule has 1 aliphatic heterocycles. The molecule has 0 radical (unpaired) electrons. The fourth-order valence-corrected chi connectivity index (χ4v) is 3.20. The topological polar surface area (TPSA) is 41.6 Å². The maximum Gasteiger partial charge on any atom is 0.224 e. The molecule has 1 fully saturated rings. The summed E-state index contributed by atoms with van der Waals surface area (Å²) < 4.78 is 5.79. The minimum absolute atomic E-state index is 0.0210. The van der Waals surface area contributed by atoms with E-state index < -0.39 is 0 Å². The van der Waals surface area contributed by atoms with Gasteiger partial charge in [0.05, 0.1) is 19.1 Å². The molecule has 0 bridgehead atoms. The van der Waals surface area contributed by atoms with Crippen LogP contribution in [0.3, 0.4) is 0 Å². The highest BCUT2D eigenvalue weighted by atomic mass is 35.5. The maximum atomic E-state index is 12.1. The third-order valence-electron chi connectivity index (χ3n) is 4.31. The molecule has 1 amide bonds. The Kier molecular flexibility index (Phi) is 6.45. The number of morpholine rings is 1. The molecule has 0 aliphatic carbocycles. The van der Waals surface area contributed by atoms with E-state index in [0.29, 0.717) is 24.6 Å². The van der Waals surface area contributed by atoms with Gasteiger partial charge in [0.2, 0.25) is 5.91 Å². The van der Waals surface area contributed by atoms with E-state index in [-0.39, 0.29) is 12.0 Å². The molecule has 0 spiro atoms. The van der Waals surface area contributed by atoms with Crippen molar-refractivity contribution in [2.75, 3.05) is 26.2 Å². The highest BCUT2D eigenvalue weighted by Crippen LogP contribution is 2.15. The zero-order valence-corrected chi connectivity index (χ0v) is 14.9. The van der Waals surface area contributed by atoms with Crippen molar-refractivity contribution in [1.29, 1.82) is 0 Å². The Morgan fingerprint density at radius 1 is 1.16 bits per heavy atom. The predicted octanol–water partition coefficient (Wildman–Crippen LogP) is 2.90. The van der Waals surface area contributed by atoms with Crippen LogP contribution in [0.2, 0.25) is 5.02 Å². The highest BCUT2D eigenvalue weighted by molar-refractivity contribution is 6.31. The summed E-state index contributed by atoms with van der Waals surface area (Å²) in [6.07, 6.45) is 0.313. The minimum atomic E-state index is -0.0307. The van der Waals surface area contributed by atoms with Crippen molar-refractivity contribution in [2.45, 2.75) is 19.1 Å². The summed E-state index contributed by atoms with van der Waals surface area (Å²) in [7, 11) is 0. The molecule has 132 valence electrons. The fourth-order valence-electron chi connectivity index (χ4n) is 2.99. The zero-order valence-electron chi connectivity index (χ0n) is 14.2. The molecule has 5 heteroatoms. The number of carbonyl (C=O) groups is 1. The number of carbonyl (C=O) groups excluding carboxylic acids is 1. The van der Waals surface area contributed by atoms with Crippen LogP contribution < -0.4 is 5.32 Å². The summed E-state index contributed by atoms with van der Waals surface area (Å²) >= 11 is 6.10. The number of hydrogen-bond donors (Lipinski definition) is 1. The second-order valence-corrected chi connectivity index (χ2v) is 6.69. The first-order valence-electron chi connectivity index (χ1n) is 8.58. The Morgan fingerprint density at radius 3 is 2.72 bits per heavy atom. The van der Waals surface area contributed by atoms with Gasteiger partial charge >= 0.3 is 0 Å². The summed E-state index contributed by atoms with van der Waals surface area (Å²) in [6, 6.07) is 17.8. The number of rotatable bonds is 6. The molecular formula is C20H23ClN2O2. The van der Waals surface area contributed by atoms with Crippen LogP contribution in [-0.4, -0.2) is 43.2 Å². The lowest BCUT2D eigenvalue weighted by atomic mass is 10.1. The van der Waals surface area contributed by atoms with E-state index in [1.54, 1.807) is 6.07 Å². The summed E-state index contributed by atoms with van der Waals surface area (Å²) in [5, 5.41) is 3.59. The van der Waals surface area contributed by atoms with Gasteiger partial charge in [-0.15, -0.1) is 0 Å². The van der Waals surface area contributed by atoms with E-state index in [9.17, 15) is 4.79 Å². The van der Waals surface area contributed by atoms with Crippen LogP contribution in [0.1, 0.15) is 11.1 Å². The SMILES string of the molecule is O=C(Cc1ccccc1Cl)NCC1CN(Cc2ccccc2)CCO1. The highest BCUT2D eigenvalue weighted by Gasteiger charge is 2.21. The normalized spacial score (nSPS) is 18.0. The van der Waals surface area contributed by atoms with Crippen LogP contribution in [0, 0.1) is 0 Å². The van der Waals surface area contributed by atoms with Crippen molar-refractivity contribution < 1.29 is 9.53 Å². The van der Waals surface area contributed by atoms with Gasteiger partial charge in [-0.2, -0.15) is 0 Å². The van der Waals surface area contributed by atoms with Crippen LogP contribution in [0.25, 0.3) is 0 Å². The molecule has 4 nitrogen and oxygen atoms in total. The molecule has 0 saturated carbocycles. The quantitative estimate of drug-likeness (QED) is 0.863. The number of ether oxygens (including phenoxy) is 1. The molecule has 1 heterocycles. The maximum absolute atomic E-state index is 12.1. The lowest BCUT2D eigenvalue weighted by molar-refractivity contribution is -0.121. The van der Waals surface area contributed by atoms with Crippen molar-refractivity contribution in [3.05, 3.63) is 70.7 Å². The standard InChI is InChI=1S/C20H23ClN2O2/c21-19-9-5-4-8-17(19)12-20(24)22-13-18-15-23(10-11-25-18)14-16-6-2-1-3-7-16/h1-9,18H,10-15H2,(H,22,24). The molecule has 3 rings (SSSR count). The molecule has 2 aromatic rings. The van der Waals surface area contributed by atoms with E-state index in [1.807, 2.05) is 24.3 Å². The molecule has 1 unspecified atom stereocenters. The number of hydrogen-bond acceptors (Lipinski definition) is 3. The van der Waals surface area contributed by atoms with Crippen LogP contribution >= 0.6 is 11.6 Å². The Balaban J connectivity index is 1.45. The second-order valence-electron chi connectivity index (χ2n) is 6.29. The van der Waals surface area contributed by atoms with Gasteiger partial charge < -0.3 is 10.1 Å². The number of nitrogens with one attached hydrogen (secondary N) is 1. The van der Waals surface area contributed by atoms with Gasteiger partial charge in [0.1, 0.15) is 0 Å². The lowest BCUT2D eigenvalue weighted by Crippen LogP contribution is -2.47.